The molecule has 0 spiro atoms. The van der Waals surface area contributed by atoms with Crippen molar-refractivity contribution in [3.8, 4) is 0 Å². The van der Waals surface area contributed by atoms with Crippen molar-refractivity contribution in [2.24, 2.45) is 10.5 Å². The first kappa shape index (κ1) is 15.3. The van der Waals surface area contributed by atoms with Gasteiger partial charge in [0.2, 0.25) is 0 Å². The predicted octanol–water partition coefficient (Wildman–Crippen LogP) is 5.46. The van der Waals surface area contributed by atoms with Crippen LogP contribution in [0.15, 0.2) is 5.11 Å². The van der Waals surface area contributed by atoms with Crippen LogP contribution >= 0.6 is 0 Å². The zero-order valence-electron chi connectivity index (χ0n) is 11.4. The molecule has 0 saturated carbocycles. The number of azide groups is 1. The van der Waals surface area contributed by atoms with E-state index in [1.165, 1.54) is 38.5 Å². The van der Waals surface area contributed by atoms with Crippen molar-refractivity contribution in [3.63, 3.8) is 0 Å². The van der Waals surface area contributed by atoms with E-state index in [2.05, 4.69) is 37.7 Å². The molecule has 94 valence electrons. The molecule has 3 nitrogen and oxygen atoms in total. The summed E-state index contributed by atoms with van der Waals surface area (Å²) in [7, 11) is 0. The molecule has 0 radical (unpaired) electrons. The lowest BCUT2D eigenvalue weighted by Gasteiger charge is -2.26. The molecule has 0 rings (SSSR count). The third-order valence-corrected chi connectivity index (χ3v) is 3.02. The van der Waals surface area contributed by atoms with Gasteiger partial charge in [-0.15, -0.1) is 0 Å². The molecule has 0 aromatic carbocycles. The fourth-order valence-corrected chi connectivity index (χ4v) is 1.84. The Morgan fingerprint density at radius 2 is 1.62 bits per heavy atom. The quantitative estimate of drug-likeness (QED) is 0.228. The Kier molecular flexibility index (Phi) is 8.10. The van der Waals surface area contributed by atoms with E-state index in [1.54, 1.807) is 0 Å². The van der Waals surface area contributed by atoms with Crippen molar-refractivity contribution in [2.75, 3.05) is 0 Å². The van der Waals surface area contributed by atoms with Crippen LogP contribution in [0.3, 0.4) is 0 Å². The van der Waals surface area contributed by atoms with Crippen LogP contribution in [0, 0.1) is 5.41 Å². The van der Waals surface area contributed by atoms with Gasteiger partial charge in [-0.25, -0.2) is 0 Å². The minimum atomic E-state index is 0.0929. The topological polar surface area (TPSA) is 48.8 Å². The van der Waals surface area contributed by atoms with Crippen LogP contribution in [0.5, 0.6) is 0 Å². The van der Waals surface area contributed by atoms with E-state index in [9.17, 15) is 0 Å². The highest BCUT2D eigenvalue weighted by atomic mass is 15.2. The first-order chi connectivity index (χ1) is 7.52. The molecule has 16 heavy (non-hydrogen) atoms. The molecule has 3 heteroatoms. The van der Waals surface area contributed by atoms with E-state index >= 15 is 0 Å². The Hall–Kier alpha value is -0.690. The van der Waals surface area contributed by atoms with E-state index in [1.807, 2.05) is 0 Å². The lowest BCUT2D eigenvalue weighted by atomic mass is 9.84. The first-order valence-corrected chi connectivity index (χ1v) is 6.56. The van der Waals surface area contributed by atoms with Crippen LogP contribution in [-0.4, -0.2) is 6.04 Å². The maximum atomic E-state index is 8.53. The molecule has 1 atom stereocenters. The SMILES string of the molecule is CCCCCCCCC(N=[N+]=[N-])C(C)(C)C. The third kappa shape index (κ3) is 7.58. The molecular weight excluding hydrogens is 198 g/mol. The summed E-state index contributed by atoms with van der Waals surface area (Å²) in [6, 6.07) is 0.142. The largest absolute Gasteiger partial charge is 0.0901 e. The van der Waals surface area contributed by atoms with Gasteiger partial charge in [0.25, 0.3) is 0 Å². The van der Waals surface area contributed by atoms with E-state index in [0.717, 1.165) is 6.42 Å². The summed E-state index contributed by atoms with van der Waals surface area (Å²) >= 11 is 0. The van der Waals surface area contributed by atoms with Gasteiger partial charge in [0.1, 0.15) is 0 Å². The Balaban J connectivity index is 3.74. The average molecular weight is 225 g/mol. The Bertz CT molecular complexity index is 212. The van der Waals surface area contributed by atoms with Crippen LogP contribution in [0.25, 0.3) is 10.4 Å². The molecule has 1 unspecified atom stereocenters. The summed E-state index contributed by atoms with van der Waals surface area (Å²) in [4.78, 5) is 2.96. The summed E-state index contributed by atoms with van der Waals surface area (Å²) in [5.74, 6) is 0. The lowest BCUT2D eigenvalue weighted by Crippen LogP contribution is -2.23. The summed E-state index contributed by atoms with van der Waals surface area (Å²) in [6.45, 7) is 8.66. The summed E-state index contributed by atoms with van der Waals surface area (Å²) < 4.78 is 0. The highest BCUT2D eigenvalue weighted by molar-refractivity contribution is 4.80. The van der Waals surface area contributed by atoms with Gasteiger partial charge >= 0.3 is 0 Å². The highest BCUT2D eigenvalue weighted by Gasteiger charge is 2.22. The molecule has 0 fully saturated rings. The maximum Gasteiger partial charge on any atom is 0.0422 e. The van der Waals surface area contributed by atoms with E-state index in [0.29, 0.717) is 0 Å². The van der Waals surface area contributed by atoms with E-state index < -0.39 is 0 Å². The second-order valence-corrected chi connectivity index (χ2v) is 5.64. The molecule has 0 aliphatic heterocycles. The average Bonchev–Trinajstić information content (AvgIpc) is 2.20. The Morgan fingerprint density at radius 3 is 2.12 bits per heavy atom. The Labute approximate surface area is 100 Å². The molecule has 0 aromatic rings. The van der Waals surface area contributed by atoms with Crippen molar-refractivity contribution in [1.29, 1.82) is 0 Å². The first-order valence-electron chi connectivity index (χ1n) is 6.56. The predicted molar refractivity (Wildman–Crippen MR) is 70.4 cm³/mol. The molecule has 0 bridgehead atoms. The smallest absolute Gasteiger partial charge is 0.0422 e. The van der Waals surface area contributed by atoms with Gasteiger partial charge in [-0.1, -0.05) is 71.3 Å². The van der Waals surface area contributed by atoms with Gasteiger partial charge in [-0.05, 0) is 17.4 Å². The van der Waals surface area contributed by atoms with Gasteiger partial charge in [0, 0.05) is 11.0 Å². The molecule has 0 aliphatic carbocycles. The monoisotopic (exact) mass is 225 g/mol. The standard InChI is InChI=1S/C13H27N3/c1-5-6-7-8-9-10-11-12(15-16-14)13(2,3)4/h12H,5-11H2,1-4H3. The van der Waals surface area contributed by atoms with Gasteiger partial charge in [-0.2, -0.15) is 0 Å². The Morgan fingerprint density at radius 1 is 1.06 bits per heavy atom. The van der Waals surface area contributed by atoms with Crippen molar-refractivity contribution < 1.29 is 0 Å². The normalized spacial score (nSPS) is 13.2. The minimum absolute atomic E-state index is 0.0929. The summed E-state index contributed by atoms with van der Waals surface area (Å²) in [5, 5.41) is 3.91. The van der Waals surface area contributed by atoms with Gasteiger partial charge in [0.15, 0.2) is 0 Å². The van der Waals surface area contributed by atoms with Crippen LogP contribution in [0.1, 0.15) is 72.6 Å². The van der Waals surface area contributed by atoms with Crippen LogP contribution in [0.2, 0.25) is 0 Å². The van der Waals surface area contributed by atoms with E-state index in [-0.39, 0.29) is 11.5 Å². The van der Waals surface area contributed by atoms with Crippen molar-refractivity contribution in [2.45, 2.75) is 78.7 Å². The molecule has 0 amide bonds. The third-order valence-electron chi connectivity index (χ3n) is 3.02. The molecule has 0 N–H and O–H groups in total. The molecule has 0 saturated heterocycles. The number of hydrogen-bond donors (Lipinski definition) is 0. The summed E-state index contributed by atoms with van der Waals surface area (Å²) in [5.41, 5.74) is 8.62. The second kappa shape index (κ2) is 8.46. The molecular formula is C13H27N3. The highest BCUT2D eigenvalue weighted by Crippen LogP contribution is 2.27. The van der Waals surface area contributed by atoms with Crippen LogP contribution in [0.4, 0.5) is 0 Å². The zero-order valence-corrected chi connectivity index (χ0v) is 11.4. The van der Waals surface area contributed by atoms with Crippen molar-refractivity contribution in [1.82, 2.24) is 0 Å². The van der Waals surface area contributed by atoms with Gasteiger partial charge in [0.05, 0.1) is 0 Å². The summed E-state index contributed by atoms with van der Waals surface area (Å²) in [6.07, 6.45) is 8.79. The fourth-order valence-electron chi connectivity index (χ4n) is 1.84. The van der Waals surface area contributed by atoms with Gasteiger partial charge < -0.3 is 0 Å². The van der Waals surface area contributed by atoms with Gasteiger partial charge in [-0.3, -0.25) is 0 Å². The maximum absolute atomic E-state index is 8.53. The van der Waals surface area contributed by atoms with Crippen LogP contribution < -0.4 is 0 Å². The molecule has 0 heterocycles. The zero-order chi connectivity index (χ0) is 12.4. The van der Waals surface area contributed by atoms with Crippen molar-refractivity contribution in [3.05, 3.63) is 10.4 Å². The van der Waals surface area contributed by atoms with Crippen LogP contribution in [-0.2, 0) is 0 Å². The minimum Gasteiger partial charge on any atom is -0.0901 e. The number of nitrogens with zero attached hydrogens (tertiary/aromatic N) is 3. The van der Waals surface area contributed by atoms with E-state index in [4.69, 9.17) is 5.53 Å². The number of hydrogen-bond acceptors (Lipinski definition) is 1. The lowest BCUT2D eigenvalue weighted by molar-refractivity contribution is 0.298. The van der Waals surface area contributed by atoms with Crippen molar-refractivity contribution >= 4 is 0 Å². The molecule has 0 aromatic heterocycles. The number of unbranched alkanes of at least 4 members (excludes halogenated alkanes) is 5. The molecule has 0 aliphatic rings. The fraction of sp³-hybridized carbons (Fsp3) is 1.00. The number of rotatable bonds is 8. The second-order valence-electron chi connectivity index (χ2n) is 5.64.